The van der Waals surface area contributed by atoms with Gasteiger partial charge in [-0.05, 0) is 38.8 Å². The molecule has 1 aliphatic rings. The van der Waals surface area contributed by atoms with E-state index in [0.29, 0.717) is 0 Å². The molecule has 1 amide bonds. The van der Waals surface area contributed by atoms with Crippen LogP contribution in [0.15, 0.2) is 18.2 Å². The lowest BCUT2D eigenvalue weighted by Crippen LogP contribution is -2.50. The van der Waals surface area contributed by atoms with Gasteiger partial charge in [-0.25, -0.2) is 0 Å². The van der Waals surface area contributed by atoms with Crippen LogP contribution < -0.4 is 5.73 Å². The molecular formula is C16H24N2O. The average Bonchev–Trinajstić information content (AvgIpc) is 2.36. The standard InChI is InChI=1S/C16H24N2O/c1-11-8-12(2)10-13(9-11)16(19)18(3)15-7-5-4-6-14(15)17/h8-10,14-15H,4-7,17H2,1-3H3. The van der Waals surface area contributed by atoms with Crippen molar-refractivity contribution in [3.05, 3.63) is 34.9 Å². The Morgan fingerprint density at radius 2 is 1.74 bits per heavy atom. The van der Waals surface area contributed by atoms with Crippen LogP contribution in [0.4, 0.5) is 0 Å². The number of nitrogens with zero attached hydrogens (tertiary/aromatic N) is 1. The first kappa shape index (κ1) is 14.1. The Hall–Kier alpha value is -1.35. The van der Waals surface area contributed by atoms with E-state index in [9.17, 15) is 4.79 Å². The maximum atomic E-state index is 12.6. The van der Waals surface area contributed by atoms with Crippen LogP contribution in [0.2, 0.25) is 0 Å². The maximum absolute atomic E-state index is 12.6. The van der Waals surface area contributed by atoms with Gasteiger partial charge in [0.1, 0.15) is 0 Å². The minimum atomic E-state index is 0.0918. The highest BCUT2D eigenvalue weighted by Gasteiger charge is 2.28. The average molecular weight is 260 g/mol. The van der Waals surface area contributed by atoms with Gasteiger partial charge in [0.25, 0.3) is 5.91 Å². The fraction of sp³-hybridized carbons (Fsp3) is 0.562. The fourth-order valence-corrected chi connectivity index (χ4v) is 3.07. The van der Waals surface area contributed by atoms with Gasteiger partial charge in [0, 0.05) is 24.7 Å². The van der Waals surface area contributed by atoms with Gasteiger partial charge in [0.15, 0.2) is 0 Å². The number of amides is 1. The molecule has 2 N–H and O–H groups in total. The molecule has 1 aromatic rings. The molecule has 3 heteroatoms. The summed E-state index contributed by atoms with van der Waals surface area (Å²) in [7, 11) is 1.88. The third-order valence-corrected chi connectivity index (χ3v) is 4.07. The summed E-state index contributed by atoms with van der Waals surface area (Å²) in [6, 6.07) is 6.31. The van der Waals surface area contributed by atoms with E-state index in [4.69, 9.17) is 5.73 Å². The van der Waals surface area contributed by atoms with Gasteiger partial charge in [0.05, 0.1) is 0 Å². The molecular weight excluding hydrogens is 236 g/mol. The van der Waals surface area contributed by atoms with E-state index < -0.39 is 0 Å². The summed E-state index contributed by atoms with van der Waals surface area (Å²) in [5.41, 5.74) is 9.20. The summed E-state index contributed by atoms with van der Waals surface area (Å²) in [5, 5.41) is 0. The highest BCUT2D eigenvalue weighted by atomic mass is 16.2. The van der Waals surface area contributed by atoms with Gasteiger partial charge in [0.2, 0.25) is 0 Å². The number of hydrogen-bond donors (Lipinski definition) is 1. The molecule has 0 saturated heterocycles. The number of nitrogens with two attached hydrogens (primary N) is 1. The molecule has 1 fully saturated rings. The first-order valence-electron chi connectivity index (χ1n) is 7.10. The Morgan fingerprint density at radius 3 is 2.32 bits per heavy atom. The second-order valence-corrected chi connectivity index (χ2v) is 5.81. The van der Waals surface area contributed by atoms with Crippen LogP contribution in [-0.2, 0) is 0 Å². The second kappa shape index (κ2) is 5.74. The molecule has 0 spiro atoms. The number of carbonyl (C=O) groups is 1. The lowest BCUT2D eigenvalue weighted by Gasteiger charge is -2.36. The minimum Gasteiger partial charge on any atom is -0.337 e. The molecule has 2 unspecified atom stereocenters. The third kappa shape index (κ3) is 3.16. The molecule has 2 rings (SSSR count). The number of likely N-dealkylation sites (N-methyl/N-ethyl adjacent to an activating group) is 1. The lowest BCUT2D eigenvalue weighted by atomic mass is 9.89. The number of rotatable bonds is 2. The molecule has 0 bridgehead atoms. The van der Waals surface area contributed by atoms with Crippen molar-refractivity contribution in [1.29, 1.82) is 0 Å². The van der Waals surface area contributed by atoms with Gasteiger partial charge in [-0.3, -0.25) is 4.79 Å². The molecule has 3 nitrogen and oxygen atoms in total. The Morgan fingerprint density at radius 1 is 1.16 bits per heavy atom. The van der Waals surface area contributed by atoms with Crippen molar-refractivity contribution in [2.24, 2.45) is 5.73 Å². The summed E-state index contributed by atoms with van der Waals surface area (Å²) in [6.07, 6.45) is 4.40. The van der Waals surface area contributed by atoms with Crippen LogP contribution in [-0.4, -0.2) is 29.9 Å². The first-order valence-corrected chi connectivity index (χ1v) is 7.10. The van der Waals surface area contributed by atoms with Crippen molar-refractivity contribution in [3.63, 3.8) is 0 Å². The zero-order chi connectivity index (χ0) is 14.0. The minimum absolute atomic E-state index is 0.0918. The number of aryl methyl sites for hydroxylation is 2. The van der Waals surface area contributed by atoms with E-state index in [2.05, 4.69) is 6.07 Å². The van der Waals surface area contributed by atoms with Crippen molar-refractivity contribution in [3.8, 4) is 0 Å². The van der Waals surface area contributed by atoms with Crippen LogP contribution in [0, 0.1) is 13.8 Å². The summed E-state index contributed by atoms with van der Waals surface area (Å²) >= 11 is 0. The summed E-state index contributed by atoms with van der Waals surface area (Å²) in [4.78, 5) is 14.4. The molecule has 1 aromatic carbocycles. The Labute approximate surface area is 115 Å². The molecule has 104 valence electrons. The van der Waals surface area contributed by atoms with E-state index in [1.807, 2.05) is 37.9 Å². The quantitative estimate of drug-likeness (QED) is 0.888. The topological polar surface area (TPSA) is 46.3 Å². The van der Waals surface area contributed by atoms with Crippen LogP contribution in [0.25, 0.3) is 0 Å². The van der Waals surface area contributed by atoms with E-state index in [0.717, 1.165) is 29.5 Å². The smallest absolute Gasteiger partial charge is 0.253 e. The zero-order valence-corrected chi connectivity index (χ0v) is 12.1. The van der Waals surface area contributed by atoms with Crippen molar-refractivity contribution in [1.82, 2.24) is 4.90 Å². The highest BCUT2D eigenvalue weighted by Crippen LogP contribution is 2.22. The predicted molar refractivity (Wildman–Crippen MR) is 78.2 cm³/mol. The normalized spacial score (nSPS) is 23.2. The first-order chi connectivity index (χ1) is 8.99. The van der Waals surface area contributed by atoms with Crippen molar-refractivity contribution < 1.29 is 4.79 Å². The van der Waals surface area contributed by atoms with Gasteiger partial charge in [-0.2, -0.15) is 0 Å². The van der Waals surface area contributed by atoms with Crippen LogP contribution in [0.5, 0.6) is 0 Å². The van der Waals surface area contributed by atoms with E-state index in [1.165, 1.54) is 12.8 Å². The molecule has 0 heterocycles. The zero-order valence-electron chi connectivity index (χ0n) is 12.1. The van der Waals surface area contributed by atoms with Crippen LogP contribution in [0.3, 0.4) is 0 Å². The van der Waals surface area contributed by atoms with Crippen molar-refractivity contribution in [2.45, 2.75) is 51.6 Å². The van der Waals surface area contributed by atoms with E-state index in [1.54, 1.807) is 0 Å². The Bertz CT molecular complexity index is 450. The number of carbonyl (C=O) groups excluding carboxylic acids is 1. The van der Waals surface area contributed by atoms with Crippen LogP contribution in [0.1, 0.15) is 47.2 Å². The molecule has 19 heavy (non-hydrogen) atoms. The van der Waals surface area contributed by atoms with Crippen molar-refractivity contribution in [2.75, 3.05) is 7.05 Å². The van der Waals surface area contributed by atoms with Gasteiger partial charge >= 0.3 is 0 Å². The third-order valence-electron chi connectivity index (χ3n) is 4.07. The summed E-state index contributed by atoms with van der Waals surface area (Å²) < 4.78 is 0. The molecule has 2 atom stereocenters. The largest absolute Gasteiger partial charge is 0.337 e. The van der Waals surface area contributed by atoms with Gasteiger partial charge < -0.3 is 10.6 Å². The Balaban J connectivity index is 2.18. The van der Waals surface area contributed by atoms with Gasteiger partial charge in [-0.1, -0.05) is 30.0 Å². The Kier molecular flexibility index (Phi) is 4.25. The SMILES string of the molecule is Cc1cc(C)cc(C(=O)N(C)C2CCCCC2N)c1. The van der Waals surface area contributed by atoms with E-state index in [-0.39, 0.29) is 18.0 Å². The monoisotopic (exact) mass is 260 g/mol. The van der Waals surface area contributed by atoms with Crippen LogP contribution >= 0.6 is 0 Å². The highest BCUT2D eigenvalue weighted by molar-refractivity contribution is 5.94. The molecule has 0 aromatic heterocycles. The lowest BCUT2D eigenvalue weighted by molar-refractivity contribution is 0.0672. The van der Waals surface area contributed by atoms with Crippen molar-refractivity contribution >= 4 is 5.91 Å². The summed E-state index contributed by atoms with van der Waals surface area (Å²) in [6.45, 7) is 4.05. The molecule has 1 saturated carbocycles. The molecule has 0 radical (unpaired) electrons. The molecule has 1 aliphatic carbocycles. The number of hydrogen-bond acceptors (Lipinski definition) is 2. The predicted octanol–water partition coefficient (Wildman–Crippen LogP) is 2.65. The number of benzene rings is 1. The fourth-order valence-electron chi connectivity index (χ4n) is 3.07. The molecule has 0 aliphatic heterocycles. The maximum Gasteiger partial charge on any atom is 0.253 e. The summed E-state index contributed by atoms with van der Waals surface area (Å²) in [5.74, 6) is 0.0918. The second-order valence-electron chi connectivity index (χ2n) is 5.81. The van der Waals surface area contributed by atoms with E-state index >= 15 is 0 Å². The van der Waals surface area contributed by atoms with Gasteiger partial charge in [-0.15, -0.1) is 0 Å².